The van der Waals surface area contributed by atoms with E-state index in [9.17, 15) is 5.11 Å². The first-order valence-corrected chi connectivity index (χ1v) is 6.85. The highest BCUT2D eigenvalue weighted by Crippen LogP contribution is 2.20. The number of rotatable bonds is 6. The molecule has 0 bridgehead atoms. The van der Waals surface area contributed by atoms with E-state index in [1.165, 1.54) is 11.1 Å². The second-order valence-corrected chi connectivity index (χ2v) is 4.93. The quantitative estimate of drug-likeness (QED) is 0.803. The van der Waals surface area contributed by atoms with Gasteiger partial charge in [-0.05, 0) is 37.3 Å². The van der Waals surface area contributed by atoms with Gasteiger partial charge in [-0.1, -0.05) is 24.3 Å². The summed E-state index contributed by atoms with van der Waals surface area (Å²) in [6.45, 7) is 3.64. The van der Waals surface area contributed by atoms with Gasteiger partial charge in [0.25, 0.3) is 0 Å². The summed E-state index contributed by atoms with van der Waals surface area (Å²) in [4.78, 5) is 0. The molecule has 2 unspecified atom stereocenters. The Hall–Kier alpha value is -0.900. The Morgan fingerprint density at radius 3 is 2.94 bits per heavy atom. The van der Waals surface area contributed by atoms with Crippen molar-refractivity contribution in [2.24, 2.45) is 0 Å². The molecule has 0 saturated heterocycles. The summed E-state index contributed by atoms with van der Waals surface area (Å²) in [7, 11) is 0. The minimum absolute atomic E-state index is 0.401. The zero-order chi connectivity index (χ0) is 12.8. The van der Waals surface area contributed by atoms with Crippen LogP contribution in [0.1, 0.15) is 24.5 Å². The van der Waals surface area contributed by atoms with Crippen molar-refractivity contribution in [3.63, 3.8) is 0 Å². The molecule has 2 atom stereocenters. The number of ether oxygens (including phenoxy) is 1. The Morgan fingerprint density at radius 1 is 1.39 bits per heavy atom. The van der Waals surface area contributed by atoms with Crippen molar-refractivity contribution in [2.45, 2.75) is 38.3 Å². The lowest BCUT2D eigenvalue weighted by molar-refractivity contribution is 0.0411. The van der Waals surface area contributed by atoms with Gasteiger partial charge in [0, 0.05) is 19.2 Å². The molecule has 3 heteroatoms. The summed E-state index contributed by atoms with van der Waals surface area (Å²) in [5.74, 6) is 0. The van der Waals surface area contributed by atoms with Crippen molar-refractivity contribution in [3.8, 4) is 0 Å². The van der Waals surface area contributed by atoms with Gasteiger partial charge < -0.3 is 15.2 Å². The molecule has 0 saturated carbocycles. The molecular formula is C15H23NO2. The van der Waals surface area contributed by atoms with Crippen molar-refractivity contribution < 1.29 is 9.84 Å². The first-order valence-electron chi connectivity index (χ1n) is 6.85. The van der Waals surface area contributed by atoms with Crippen molar-refractivity contribution in [3.05, 3.63) is 35.4 Å². The number of fused-ring (bicyclic) bond motifs is 1. The molecule has 3 nitrogen and oxygen atoms in total. The Kier molecular flexibility index (Phi) is 5.17. The van der Waals surface area contributed by atoms with Gasteiger partial charge in [-0.25, -0.2) is 0 Å². The topological polar surface area (TPSA) is 41.5 Å². The van der Waals surface area contributed by atoms with Crippen LogP contribution in [-0.2, 0) is 17.6 Å². The van der Waals surface area contributed by atoms with Crippen LogP contribution in [-0.4, -0.2) is 37.0 Å². The number of benzene rings is 1. The van der Waals surface area contributed by atoms with E-state index in [2.05, 4.69) is 29.6 Å². The number of hydrogen-bond donors (Lipinski definition) is 2. The molecule has 1 aliphatic rings. The van der Waals surface area contributed by atoms with Crippen LogP contribution in [0.3, 0.4) is 0 Å². The smallest absolute Gasteiger partial charge is 0.0897 e. The fraction of sp³-hybridized carbons (Fsp3) is 0.600. The summed E-state index contributed by atoms with van der Waals surface area (Å²) < 4.78 is 5.20. The van der Waals surface area contributed by atoms with Gasteiger partial charge in [0.15, 0.2) is 0 Å². The van der Waals surface area contributed by atoms with E-state index in [0.29, 0.717) is 25.8 Å². The Morgan fingerprint density at radius 2 is 2.17 bits per heavy atom. The first-order chi connectivity index (χ1) is 8.79. The number of aliphatic hydroxyl groups excluding tert-OH is 1. The van der Waals surface area contributed by atoms with Crippen molar-refractivity contribution >= 4 is 0 Å². The maximum atomic E-state index is 9.72. The normalized spacial score (nSPS) is 20.4. The van der Waals surface area contributed by atoms with Gasteiger partial charge in [0.05, 0.1) is 12.7 Å². The van der Waals surface area contributed by atoms with E-state index in [-0.39, 0.29) is 0 Å². The largest absolute Gasteiger partial charge is 0.389 e. The van der Waals surface area contributed by atoms with Crippen LogP contribution in [0.2, 0.25) is 0 Å². The molecule has 0 heterocycles. The van der Waals surface area contributed by atoms with E-state index >= 15 is 0 Å². The lowest BCUT2D eigenvalue weighted by Crippen LogP contribution is -2.40. The molecule has 100 valence electrons. The van der Waals surface area contributed by atoms with Crippen LogP contribution in [0.15, 0.2) is 24.3 Å². The molecule has 0 aliphatic heterocycles. The molecule has 1 aliphatic carbocycles. The van der Waals surface area contributed by atoms with Crippen molar-refractivity contribution in [1.29, 1.82) is 0 Å². The monoisotopic (exact) mass is 249 g/mol. The molecule has 0 radical (unpaired) electrons. The van der Waals surface area contributed by atoms with E-state index in [1.54, 1.807) is 0 Å². The lowest BCUT2D eigenvalue weighted by Gasteiger charge is -2.26. The van der Waals surface area contributed by atoms with Gasteiger partial charge in [-0.2, -0.15) is 0 Å². The van der Waals surface area contributed by atoms with Gasteiger partial charge >= 0.3 is 0 Å². The van der Waals surface area contributed by atoms with Gasteiger partial charge in [0.1, 0.15) is 0 Å². The van der Waals surface area contributed by atoms with Crippen LogP contribution < -0.4 is 5.32 Å². The number of hydrogen-bond acceptors (Lipinski definition) is 3. The number of aryl methyl sites for hydroxylation is 1. The highest BCUT2D eigenvalue weighted by atomic mass is 16.5. The Labute approximate surface area is 109 Å². The zero-order valence-electron chi connectivity index (χ0n) is 11.1. The average molecular weight is 249 g/mol. The van der Waals surface area contributed by atoms with E-state index in [1.807, 2.05) is 6.92 Å². The van der Waals surface area contributed by atoms with Gasteiger partial charge in [-0.15, -0.1) is 0 Å². The van der Waals surface area contributed by atoms with Crippen LogP contribution in [0.25, 0.3) is 0 Å². The molecule has 1 aromatic carbocycles. The third kappa shape index (κ3) is 3.80. The Bertz CT molecular complexity index is 367. The molecule has 18 heavy (non-hydrogen) atoms. The predicted molar refractivity (Wildman–Crippen MR) is 72.8 cm³/mol. The standard InChI is InChI=1S/C15H23NO2/c1-2-18-11-15(17)10-16-14-8-7-12-5-3-4-6-13(12)9-14/h3-6,14-17H,2,7-11H2,1H3. The van der Waals surface area contributed by atoms with Crippen molar-refractivity contribution in [1.82, 2.24) is 5.32 Å². The second-order valence-electron chi connectivity index (χ2n) is 4.93. The van der Waals surface area contributed by atoms with Gasteiger partial charge in [0.2, 0.25) is 0 Å². The predicted octanol–water partition coefficient (Wildman–Crippen LogP) is 1.53. The molecule has 0 amide bonds. The third-order valence-electron chi connectivity index (χ3n) is 3.50. The lowest BCUT2D eigenvalue weighted by atomic mass is 9.88. The molecular weight excluding hydrogens is 226 g/mol. The van der Waals surface area contributed by atoms with Crippen LogP contribution in [0.5, 0.6) is 0 Å². The number of aliphatic hydroxyl groups is 1. The maximum absolute atomic E-state index is 9.72. The van der Waals surface area contributed by atoms with Crippen LogP contribution in [0, 0.1) is 0 Å². The first kappa shape index (κ1) is 13.5. The maximum Gasteiger partial charge on any atom is 0.0897 e. The Balaban J connectivity index is 1.76. The molecule has 2 rings (SSSR count). The number of nitrogens with one attached hydrogen (secondary N) is 1. The molecule has 0 fully saturated rings. The summed E-state index contributed by atoms with van der Waals surface area (Å²) in [6.07, 6.45) is 2.95. The van der Waals surface area contributed by atoms with E-state index in [0.717, 1.165) is 19.3 Å². The summed E-state index contributed by atoms with van der Waals surface area (Å²) in [6, 6.07) is 9.12. The zero-order valence-corrected chi connectivity index (χ0v) is 11.1. The summed E-state index contributed by atoms with van der Waals surface area (Å²) in [5, 5.41) is 13.2. The van der Waals surface area contributed by atoms with Crippen molar-refractivity contribution in [2.75, 3.05) is 19.8 Å². The second kappa shape index (κ2) is 6.88. The fourth-order valence-electron chi connectivity index (χ4n) is 2.49. The minimum Gasteiger partial charge on any atom is -0.389 e. The molecule has 2 N–H and O–H groups in total. The van der Waals surface area contributed by atoms with E-state index in [4.69, 9.17) is 4.74 Å². The summed E-state index contributed by atoms with van der Waals surface area (Å²) in [5.41, 5.74) is 2.92. The van der Waals surface area contributed by atoms with Crippen LogP contribution >= 0.6 is 0 Å². The molecule has 1 aromatic rings. The summed E-state index contributed by atoms with van der Waals surface area (Å²) >= 11 is 0. The third-order valence-corrected chi connectivity index (χ3v) is 3.50. The van der Waals surface area contributed by atoms with Crippen LogP contribution in [0.4, 0.5) is 0 Å². The average Bonchev–Trinajstić information content (AvgIpc) is 2.42. The van der Waals surface area contributed by atoms with E-state index < -0.39 is 6.10 Å². The highest BCUT2D eigenvalue weighted by molar-refractivity contribution is 5.30. The minimum atomic E-state index is -0.401. The SMILES string of the molecule is CCOCC(O)CNC1CCc2ccccc2C1. The molecule has 0 spiro atoms. The highest BCUT2D eigenvalue weighted by Gasteiger charge is 2.18. The van der Waals surface area contributed by atoms with Gasteiger partial charge in [-0.3, -0.25) is 0 Å². The fourth-order valence-corrected chi connectivity index (χ4v) is 2.49. The molecule has 0 aromatic heterocycles.